The van der Waals surface area contributed by atoms with E-state index >= 15 is 0 Å². The van der Waals surface area contributed by atoms with Gasteiger partial charge in [-0.15, -0.1) is 0 Å². The van der Waals surface area contributed by atoms with Crippen LogP contribution in [0, 0.1) is 17.0 Å². The van der Waals surface area contributed by atoms with Gasteiger partial charge in [-0.2, -0.15) is 0 Å². The molecule has 0 aromatic heterocycles. The number of aryl methyl sites for hydroxylation is 1. The van der Waals surface area contributed by atoms with Gasteiger partial charge in [0.1, 0.15) is 11.8 Å². The molecule has 0 bridgehead atoms. The molecule has 0 aliphatic carbocycles. The van der Waals surface area contributed by atoms with Crippen LogP contribution in [-0.4, -0.2) is 38.7 Å². The van der Waals surface area contributed by atoms with Crippen molar-refractivity contribution in [1.29, 1.82) is 0 Å². The number of carbonyl (C=O) groups excluding carboxylic acids is 1. The first kappa shape index (κ1) is 26.1. The average molecular weight is 478 g/mol. The van der Waals surface area contributed by atoms with Crippen molar-refractivity contribution in [3.8, 4) is 5.75 Å². The zero-order chi connectivity index (χ0) is 25.1. The predicted molar refractivity (Wildman–Crippen MR) is 128 cm³/mol. The van der Waals surface area contributed by atoms with E-state index < -0.39 is 32.9 Å². The molecule has 9 nitrogen and oxygen atoms in total. The van der Waals surface area contributed by atoms with Gasteiger partial charge in [-0.25, -0.2) is 8.42 Å². The quantitative estimate of drug-likeness (QED) is 0.430. The Labute approximate surface area is 195 Å². The molecule has 0 heterocycles. The molecule has 1 N–H and O–H groups in total. The van der Waals surface area contributed by atoms with Crippen molar-refractivity contribution >= 4 is 27.3 Å². The summed E-state index contributed by atoms with van der Waals surface area (Å²) in [7, 11) is -2.29. The van der Waals surface area contributed by atoms with Crippen molar-refractivity contribution in [2.24, 2.45) is 0 Å². The third-order valence-corrected chi connectivity index (χ3v) is 6.69. The first-order chi connectivity index (χ1) is 15.3. The Morgan fingerprint density at radius 2 is 1.76 bits per heavy atom. The van der Waals surface area contributed by atoms with Crippen molar-refractivity contribution in [3.63, 3.8) is 0 Å². The Morgan fingerprint density at radius 3 is 2.27 bits per heavy atom. The number of rotatable bonds is 9. The number of methoxy groups -OCH3 is 1. The average Bonchev–Trinajstić information content (AvgIpc) is 2.72. The van der Waals surface area contributed by atoms with E-state index in [-0.39, 0.29) is 17.3 Å². The van der Waals surface area contributed by atoms with E-state index in [1.165, 1.54) is 25.1 Å². The van der Waals surface area contributed by atoms with Gasteiger partial charge >= 0.3 is 0 Å². The summed E-state index contributed by atoms with van der Waals surface area (Å²) in [5, 5.41) is 14.0. The summed E-state index contributed by atoms with van der Waals surface area (Å²) in [4.78, 5) is 23.6. The molecule has 33 heavy (non-hydrogen) atoms. The van der Waals surface area contributed by atoms with Crippen LogP contribution in [0.5, 0.6) is 5.75 Å². The molecule has 0 aliphatic heterocycles. The van der Waals surface area contributed by atoms with Gasteiger partial charge in [0.2, 0.25) is 15.9 Å². The number of carbonyl (C=O) groups is 1. The minimum Gasteiger partial charge on any atom is -0.496 e. The summed E-state index contributed by atoms with van der Waals surface area (Å²) in [5.74, 6) is 0.448. The third kappa shape index (κ3) is 6.01. The smallest absolute Gasteiger partial charge is 0.271 e. The van der Waals surface area contributed by atoms with E-state index in [4.69, 9.17) is 4.74 Å². The molecule has 0 saturated heterocycles. The molecule has 0 fully saturated rings. The molecular formula is C23H31N3O6S. The van der Waals surface area contributed by atoms with E-state index in [0.717, 1.165) is 39.1 Å². The molecule has 0 radical (unpaired) electrons. The molecular weight excluding hydrogens is 446 g/mol. The minimum absolute atomic E-state index is 0.0460. The molecule has 2 aromatic carbocycles. The first-order valence-corrected chi connectivity index (χ1v) is 12.3. The SMILES string of the molecule is COc1cc(C)c([C@@H](C)NC(=O)[C@H](C)N(c2cccc([N+](=O)[O-])c2)S(C)(=O)=O)cc1C(C)C. The number of anilines is 1. The van der Waals surface area contributed by atoms with Crippen LogP contribution < -0.4 is 14.4 Å². The number of amides is 1. The number of non-ortho nitro benzene ring substituents is 1. The highest BCUT2D eigenvalue weighted by Crippen LogP contribution is 2.32. The maximum atomic E-state index is 13.1. The lowest BCUT2D eigenvalue weighted by molar-refractivity contribution is -0.384. The number of hydrogen-bond acceptors (Lipinski definition) is 6. The third-order valence-electron chi connectivity index (χ3n) is 5.45. The van der Waals surface area contributed by atoms with Crippen molar-refractivity contribution in [1.82, 2.24) is 5.32 Å². The Hall–Kier alpha value is -3.14. The van der Waals surface area contributed by atoms with Crippen LogP contribution >= 0.6 is 0 Å². The van der Waals surface area contributed by atoms with Gasteiger partial charge in [0.05, 0.1) is 30.0 Å². The number of nitrogens with one attached hydrogen (secondary N) is 1. The van der Waals surface area contributed by atoms with Crippen LogP contribution in [0.2, 0.25) is 0 Å². The highest BCUT2D eigenvalue weighted by Gasteiger charge is 2.31. The van der Waals surface area contributed by atoms with Crippen LogP contribution in [0.15, 0.2) is 36.4 Å². The monoisotopic (exact) mass is 477 g/mol. The van der Waals surface area contributed by atoms with Crippen LogP contribution in [0.4, 0.5) is 11.4 Å². The van der Waals surface area contributed by atoms with Gasteiger partial charge in [-0.05, 0) is 61.6 Å². The molecule has 0 spiro atoms. The zero-order valence-electron chi connectivity index (χ0n) is 19.9. The highest BCUT2D eigenvalue weighted by atomic mass is 32.2. The van der Waals surface area contributed by atoms with Crippen molar-refractivity contribution in [2.45, 2.75) is 52.6 Å². The fourth-order valence-electron chi connectivity index (χ4n) is 3.77. The van der Waals surface area contributed by atoms with Crippen LogP contribution in [0.3, 0.4) is 0 Å². The van der Waals surface area contributed by atoms with E-state index in [9.17, 15) is 23.3 Å². The predicted octanol–water partition coefficient (Wildman–Crippen LogP) is 4.07. The van der Waals surface area contributed by atoms with Gasteiger partial charge in [0, 0.05) is 12.1 Å². The van der Waals surface area contributed by atoms with E-state index in [1.807, 2.05) is 39.8 Å². The van der Waals surface area contributed by atoms with E-state index in [0.29, 0.717) is 0 Å². The number of hydrogen-bond donors (Lipinski definition) is 1. The molecule has 1 amide bonds. The van der Waals surface area contributed by atoms with Crippen molar-refractivity contribution in [3.05, 3.63) is 63.2 Å². The lowest BCUT2D eigenvalue weighted by Crippen LogP contribution is -2.48. The summed E-state index contributed by atoms with van der Waals surface area (Å²) in [6.07, 6.45) is 0.960. The fourth-order valence-corrected chi connectivity index (χ4v) is 4.94. The van der Waals surface area contributed by atoms with Crippen molar-refractivity contribution in [2.75, 3.05) is 17.7 Å². The number of nitrogens with zero attached hydrogens (tertiary/aromatic N) is 2. The molecule has 2 aromatic rings. The number of sulfonamides is 1. The minimum atomic E-state index is -3.91. The number of benzene rings is 2. The Morgan fingerprint density at radius 1 is 1.12 bits per heavy atom. The largest absolute Gasteiger partial charge is 0.496 e. The van der Waals surface area contributed by atoms with Crippen molar-refractivity contribution < 1.29 is 22.9 Å². The fraction of sp³-hybridized carbons (Fsp3) is 0.435. The number of nitro benzene ring substituents is 1. The topological polar surface area (TPSA) is 119 Å². The van der Waals surface area contributed by atoms with Gasteiger partial charge in [-0.1, -0.05) is 19.9 Å². The highest BCUT2D eigenvalue weighted by molar-refractivity contribution is 7.92. The van der Waals surface area contributed by atoms with Gasteiger partial charge in [-0.3, -0.25) is 19.2 Å². The molecule has 0 saturated carbocycles. The number of nitro groups is 1. The summed E-state index contributed by atoms with van der Waals surface area (Å²) in [5.41, 5.74) is 2.60. The standard InChI is InChI=1S/C23H31N3O6S/c1-14(2)20-13-21(15(3)11-22(20)32-6)16(4)24-23(27)17(5)25(33(7,30)31)18-9-8-10-19(12-18)26(28)29/h8-14,16-17H,1-7H3,(H,24,27)/t16-,17+/m1/s1. The lowest BCUT2D eigenvalue weighted by Gasteiger charge is -2.29. The molecule has 2 rings (SSSR count). The maximum Gasteiger partial charge on any atom is 0.271 e. The second kappa shape index (κ2) is 10.2. The summed E-state index contributed by atoms with van der Waals surface area (Å²) >= 11 is 0. The molecule has 10 heteroatoms. The van der Waals surface area contributed by atoms with Gasteiger partial charge in [0.25, 0.3) is 5.69 Å². The van der Waals surface area contributed by atoms with E-state index in [2.05, 4.69) is 5.32 Å². The van der Waals surface area contributed by atoms with E-state index in [1.54, 1.807) is 7.11 Å². The molecule has 0 aliphatic rings. The van der Waals surface area contributed by atoms with Crippen LogP contribution in [0.1, 0.15) is 56.3 Å². The Kier molecular flexibility index (Phi) is 8.07. The molecule has 180 valence electrons. The van der Waals surface area contributed by atoms with Crippen LogP contribution in [0.25, 0.3) is 0 Å². The van der Waals surface area contributed by atoms with Gasteiger partial charge in [0.15, 0.2) is 0 Å². The number of ether oxygens (including phenoxy) is 1. The normalized spacial score (nSPS) is 13.3. The molecule has 0 unspecified atom stereocenters. The summed E-state index contributed by atoms with van der Waals surface area (Å²) in [6, 6.07) is 7.57. The Bertz CT molecular complexity index is 1150. The lowest BCUT2D eigenvalue weighted by atomic mass is 9.93. The van der Waals surface area contributed by atoms with Gasteiger partial charge < -0.3 is 10.1 Å². The second-order valence-electron chi connectivity index (χ2n) is 8.35. The molecule has 2 atom stereocenters. The second-order valence-corrected chi connectivity index (χ2v) is 10.2. The first-order valence-electron chi connectivity index (χ1n) is 10.5. The summed E-state index contributed by atoms with van der Waals surface area (Å²) < 4.78 is 31.4. The summed E-state index contributed by atoms with van der Waals surface area (Å²) in [6.45, 7) is 9.28. The maximum absolute atomic E-state index is 13.1. The Balaban J connectivity index is 2.37. The zero-order valence-corrected chi connectivity index (χ0v) is 20.8. The van der Waals surface area contributed by atoms with Crippen LogP contribution in [-0.2, 0) is 14.8 Å².